The maximum absolute atomic E-state index is 14.4. The normalized spacial score (nSPS) is 23.7. The standard InChI is InChI=1S/C30H32N4O7Si/c1-18-27(42(2,3)40)26(14-15-35)41-30(18)23-16-21(34(38)39)12-13-25(23)32(29(30)37)17-19-8-10-20(11-9-19)33-28(36)22-6-4-5-7-24(22)31-33/h4-13,16,18,26-27,31,35,40H,14-15,17H2,1-3H3/t18-,26+,27-,30+/m1/s1. The number of para-hydroxylation sites is 1. The summed E-state index contributed by atoms with van der Waals surface area (Å²) in [7, 11) is -2.89. The first kappa shape index (κ1) is 28.0. The Labute approximate surface area is 242 Å². The van der Waals surface area contributed by atoms with E-state index in [2.05, 4.69) is 5.10 Å². The van der Waals surface area contributed by atoms with Crippen molar-refractivity contribution in [2.24, 2.45) is 5.92 Å². The first-order valence-electron chi connectivity index (χ1n) is 13.9. The molecule has 2 aliphatic heterocycles. The Balaban J connectivity index is 1.38. The number of aliphatic hydroxyl groups is 1. The van der Waals surface area contributed by atoms with Gasteiger partial charge in [0.05, 0.1) is 39.8 Å². The number of hydrogen-bond acceptors (Lipinski definition) is 7. The number of nitrogens with zero attached hydrogens (tertiary/aromatic N) is 3. The molecular weight excluding hydrogens is 556 g/mol. The van der Waals surface area contributed by atoms with Crippen LogP contribution in [-0.2, 0) is 21.7 Å². The number of aromatic amines is 1. The molecule has 3 aromatic carbocycles. The summed E-state index contributed by atoms with van der Waals surface area (Å²) >= 11 is 0. The molecule has 3 N–H and O–H groups in total. The van der Waals surface area contributed by atoms with Gasteiger partial charge in [-0.05, 0) is 55.4 Å². The van der Waals surface area contributed by atoms with Gasteiger partial charge in [0.2, 0.25) is 0 Å². The van der Waals surface area contributed by atoms with Gasteiger partial charge in [0, 0.05) is 35.8 Å². The topological polar surface area (TPSA) is 151 Å². The monoisotopic (exact) mass is 588 g/mol. The molecule has 4 atom stereocenters. The van der Waals surface area contributed by atoms with Crippen LogP contribution in [0.1, 0.15) is 24.5 Å². The summed E-state index contributed by atoms with van der Waals surface area (Å²) in [5.74, 6) is -0.847. The van der Waals surface area contributed by atoms with E-state index in [-0.39, 0.29) is 42.3 Å². The summed E-state index contributed by atoms with van der Waals surface area (Å²) < 4.78 is 7.99. The number of benzene rings is 3. The van der Waals surface area contributed by atoms with Gasteiger partial charge in [0.15, 0.2) is 13.9 Å². The zero-order valence-electron chi connectivity index (χ0n) is 23.5. The van der Waals surface area contributed by atoms with Crippen molar-refractivity contribution < 1.29 is 24.4 Å². The smallest absolute Gasteiger partial charge is 0.279 e. The summed E-state index contributed by atoms with van der Waals surface area (Å²) in [6.07, 6.45) is -0.346. The van der Waals surface area contributed by atoms with Gasteiger partial charge in [0.1, 0.15) is 0 Å². The molecular formula is C30H32N4O7Si. The fourth-order valence-corrected chi connectivity index (χ4v) is 9.51. The number of fused-ring (bicyclic) bond motifs is 3. The molecule has 1 aromatic heterocycles. The number of anilines is 1. The highest BCUT2D eigenvalue weighted by Crippen LogP contribution is 2.60. The Morgan fingerprint density at radius 2 is 1.81 bits per heavy atom. The van der Waals surface area contributed by atoms with E-state index in [9.17, 15) is 29.6 Å². The second-order valence-corrected chi connectivity index (χ2v) is 15.7. The molecule has 0 radical (unpaired) electrons. The van der Waals surface area contributed by atoms with Crippen molar-refractivity contribution >= 4 is 36.5 Å². The molecule has 2 aliphatic rings. The summed E-state index contributed by atoms with van der Waals surface area (Å²) in [5, 5.41) is 25.2. The second-order valence-electron chi connectivity index (χ2n) is 11.7. The van der Waals surface area contributed by atoms with Crippen LogP contribution in [0.3, 0.4) is 0 Å². The molecule has 4 aromatic rings. The highest BCUT2D eigenvalue weighted by molar-refractivity contribution is 6.71. The van der Waals surface area contributed by atoms with E-state index >= 15 is 0 Å². The van der Waals surface area contributed by atoms with Gasteiger partial charge in [-0.15, -0.1) is 0 Å². The summed E-state index contributed by atoms with van der Waals surface area (Å²) in [5.41, 5.74) is 0.818. The third-order valence-electron chi connectivity index (χ3n) is 8.72. The molecule has 0 saturated carbocycles. The average Bonchev–Trinajstić information content (AvgIpc) is 3.53. The van der Waals surface area contributed by atoms with Crippen molar-refractivity contribution in [1.29, 1.82) is 0 Å². The maximum Gasteiger partial charge on any atom is 0.279 e. The molecule has 0 aliphatic carbocycles. The molecule has 0 unspecified atom stereocenters. The predicted molar refractivity (Wildman–Crippen MR) is 159 cm³/mol. The Kier molecular flexibility index (Phi) is 6.69. The van der Waals surface area contributed by atoms with Gasteiger partial charge < -0.3 is 19.5 Å². The first-order valence-corrected chi connectivity index (χ1v) is 16.9. The van der Waals surface area contributed by atoms with Crippen LogP contribution in [0.15, 0.2) is 71.5 Å². The van der Waals surface area contributed by atoms with Crippen LogP contribution < -0.4 is 10.5 Å². The van der Waals surface area contributed by atoms with E-state index in [1.807, 2.05) is 37.3 Å². The Hall–Kier alpha value is -4.10. The lowest BCUT2D eigenvalue weighted by atomic mass is 9.82. The number of rotatable bonds is 7. The minimum Gasteiger partial charge on any atom is -0.432 e. The summed E-state index contributed by atoms with van der Waals surface area (Å²) in [4.78, 5) is 51.3. The number of nitro groups is 1. The number of hydrogen-bond donors (Lipinski definition) is 3. The molecule has 11 nitrogen and oxygen atoms in total. The number of nitro benzene ring substituents is 1. The van der Waals surface area contributed by atoms with Gasteiger partial charge in [-0.1, -0.05) is 31.2 Å². The average molecular weight is 589 g/mol. The summed E-state index contributed by atoms with van der Waals surface area (Å²) in [6, 6.07) is 18.9. The fraction of sp³-hybridized carbons (Fsp3) is 0.333. The zero-order chi connectivity index (χ0) is 30.0. The molecule has 12 heteroatoms. The van der Waals surface area contributed by atoms with Crippen molar-refractivity contribution in [3.8, 4) is 5.69 Å². The lowest BCUT2D eigenvalue weighted by Crippen LogP contribution is -2.46. The minimum atomic E-state index is -2.89. The highest BCUT2D eigenvalue weighted by Gasteiger charge is 2.66. The molecule has 1 amide bonds. The molecule has 3 heterocycles. The van der Waals surface area contributed by atoms with E-state index in [0.29, 0.717) is 22.3 Å². The van der Waals surface area contributed by atoms with Crippen LogP contribution in [0.4, 0.5) is 11.4 Å². The third kappa shape index (κ3) is 4.21. The third-order valence-corrected chi connectivity index (χ3v) is 11.2. The number of amides is 1. The van der Waals surface area contributed by atoms with E-state index < -0.39 is 30.9 Å². The lowest BCUT2D eigenvalue weighted by Gasteiger charge is -2.32. The molecule has 0 bridgehead atoms. The molecule has 218 valence electrons. The van der Waals surface area contributed by atoms with Crippen LogP contribution in [-0.4, -0.2) is 51.5 Å². The quantitative estimate of drug-likeness (QED) is 0.168. The largest absolute Gasteiger partial charge is 0.432 e. The molecule has 42 heavy (non-hydrogen) atoms. The predicted octanol–water partition coefficient (Wildman–Crippen LogP) is 3.95. The van der Waals surface area contributed by atoms with Gasteiger partial charge in [-0.2, -0.15) is 0 Å². The number of carbonyl (C=O) groups excluding carboxylic acids is 1. The molecule has 1 spiro atoms. The molecule has 6 rings (SSSR count). The van der Waals surface area contributed by atoms with Gasteiger partial charge in [0.25, 0.3) is 17.2 Å². The van der Waals surface area contributed by atoms with Crippen LogP contribution in [0.2, 0.25) is 18.6 Å². The Bertz CT molecular complexity index is 1760. The van der Waals surface area contributed by atoms with Crippen LogP contribution in [0, 0.1) is 16.0 Å². The van der Waals surface area contributed by atoms with Gasteiger partial charge in [-0.25, -0.2) is 4.68 Å². The number of nitrogens with one attached hydrogen (secondary N) is 1. The maximum atomic E-state index is 14.4. The van der Waals surface area contributed by atoms with Crippen molar-refractivity contribution in [2.45, 2.75) is 50.2 Å². The Morgan fingerprint density at radius 3 is 2.45 bits per heavy atom. The minimum absolute atomic E-state index is 0.158. The number of ether oxygens (including phenoxy) is 1. The van der Waals surface area contributed by atoms with Crippen LogP contribution in [0.25, 0.3) is 16.6 Å². The fourth-order valence-electron chi connectivity index (χ4n) is 6.91. The van der Waals surface area contributed by atoms with E-state index in [0.717, 1.165) is 11.1 Å². The van der Waals surface area contributed by atoms with E-state index in [4.69, 9.17) is 4.74 Å². The highest BCUT2D eigenvalue weighted by atomic mass is 28.4. The van der Waals surface area contributed by atoms with Crippen LogP contribution in [0.5, 0.6) is 0 Å². The number of H-pyrrole nitrogens is 1. The van der Waals surface area contributed by atoms with Crippen molar-refractivity contribution in [2.75, 3.05) is 11.5 Å². The van der Waals surface area contributed by atoms with Crippen molar-refractivity contribution in [1.82, 2.24) is 9.78 Å². The number of aliphatic hydroxyl groups excluding tert-OH is 1. The Morgan fingerprint density at radius 1 is 1.10 bits per heavy atom. The van der Waals surface area contributed by atoms with E-state index in [1.165, 1.54) is 16.8 Å². The zero-order valence-corrected chi connectivity index (χ0v) is 24.5. The summed E-state index contributed by atoms with van der Waals surface area (Å²) in [6.45, 7) is 5.40. The first-order chi connectivity index (χ1) is 20.0. The van der Waals surface area contributed by atoms with Crippen molar-refractivity contribution in [3.63, 3.8) is 0 Å². The number of aromatic nitrogens is 2. The molecule has 1 fully saturated rings. The SMILES string of the molecule is C[C@@H]1[C@@H]([Si](C)(C)O)[C@H](CCO)O[C@@]12C(=O)N(Cc1ccc(-n3[nH]c4ccccc4c3=O)cc1)c1ccc([N+](=O)[O-])cc12. The van der Waals surface area contributed by atoms with Crippen molar-refractivity contribution in [3.05, 3.63) is 98.3 Å². The number of carbonyl (C=O) groups is 1. The molecule has 1 saturated heterocycles. The van der Waals surface area contributed by atoms with E-state index in [1.54, 1.807) is 42.3 Å². The van der Waals surface area contributed by atoms with Crippen LogP contribution >= 0.6 is 0 Å². The second kappa shape index (κ2) is 10.0. The van der Waals surface area contributed by atoms with Gasteiger partial charge in [-0.3, -0.25) is 24.8 Å². The van der Waals surface area contributed by atoms with Gasteiger partial charge >= 0.3 is 0 Å². The number of non-ortho nitro benzene ring substituents is 1. The lowest BCUT2D eigenvalue weighted by molar-refractivity contribution is -0.385.